The molecule has 0 aromatic heterocycles. The maximum absolute atomic E-state index is 6.19. The third kappa shape index (κ3) is 2.44. The molecule has 2 unspecified atom stereocenters. The average Bonchev–Trinajstić information content (AvgIpc) is 2.75. The summed E-state index contributed by atoms with van der Waals surface area (Å²) in [5.74, 6) is 0.766. The van der Waals surface area contributed by atoms with Crippen LogP contribution in [0.3, 0.4) is 0 Å². The van der Waals surface area contributed by atoms with Gasteiger partial charge in [0.25, 0.3) is 0 Å². The number of benzene rings is 1. The minimum absolute atomic E-state index is 0.202. The highest BCUT2D eigenvalue weighted by atomic mass is 16.5. The number of nitrogens with one attached hydrogen (secondary N) is 1. The van der Waals surface area contributed by atoms with Crippen molar-refractivity contribution in [3.63, 3.8) is 0 Å². The zero-order chi connectivity index (χ0) is 12.4. The minimum Gasteiger partial charge on any atom is -0.381 e. The molecule has 3 N–H and O–H groups in total. The average molecular weight is 246 g/mol. The highest BCUT2D eigenvalue weighted by Gasteiger charge is 2.28. The molecular formula is C15H22N2O. The fourth-order valence-corrected chi connectivity index (χ4v) is 3.13. The molecule has 98 valence electrons. The van der Waals surface area contributed by atoms with Crippen LogP contribution < -0.4 is 11.1 Å². The summed E-state index contributed by atoms with van der Waals surface area (Å²) in [6, 6.07) is 9.21. The molecule has 2 atom stereocenters. The number of hydrogen-bond acceptors (Lipinski definition) is 3. The van der Waals surface area contributed by atoms with Crippen molar-refractivity contribution in [1.29, 1.82) is 0 Å². The maximum atomic E-state index is 6.19. The van der Waals surface area contributed by atoms with Crippen LogP contribution in [0.1, 0.15) is 42.5 Å². The molecule has 1 aromatic rings. The van der Waals surface area contributed by atoms with Crippen molar-refractivity contribution in [3.05, 3.63) is 35.4 Å². The Kier molecular flexibility index (Phi) is 3.64. The molecule has 1 aromatic carbocycles. The summed E-state index contributed by atoms with van der Waals surface area (Å²) in [6.45, 7) is 2.94. The lowest BCUT2D eigenvalue weighted by molar-refractivity contribution is 0.0654. The summed E-state index contributed by atoms with van der Waals surface area (Å²) in [5.41, 5.74) is 8.91. The van der Waals surface area contributed by atoms with Crippen LogP contribution >= 0.6 is 0 Å². The fourth-order valence-electron chi connectivity index (χ4n) is 3.13. The van der Waals surface area contributed by atoms with Crippen LogP contribution in [0.4, 0.5) is 0 Å². The number of nitrogens with two attached hydrogens (primary N) is 1. The van der Waals surface area contributed by atoms with Crippen LogP contribution in [0, 0.1) is 5.92 Å². The Morgan fingerprint density at radius 2 is 1.89 bits per heavy atom. The van der Waals surface area contributed by atoms with Gasteiger partial charge in [0.2, 0.25) is 0 Å². The van der Waals surface area contributed by atoms with Gasteiger partial charge in [-0.15, -0.1) is 0 Å². The molecule has 3 heteroatoms. The summed E-state index contributed by atoms with van der Waals surface area (Å²) in [5, 5.41) is 3.70. The van der Waals surface area contributed by atoms with Crippen LogP contribution in [0.15, 0.2) is 24.3 Å². The molecule has 3 rings (SSSR count). The molecule has 1 aliphatic carbocycles. The molecule has 3 nitrogen and oxygen atoms in total. The molecule has 0 radical (unpaired) electrons. The first kappa shape index (κ1) is 12.2. The van der Waals surface area contributed by atoms with Gasteiger partial charge in [-0.05, 0) is 42.9 Å². The zero-order valence-electron chi connectivity index (χ0n) is 10.8. The third-order valence-electron chi connectivity index (χ3n) is 4.25. The van der Waals surface area contributed by atoms with Crippen molar-refractivity contribution in [2.24, 2.45) is 11.7 Å². The van der Waals surface area contributed by atoms with Gasteiger partial charge in [0.1, 0.15) is 0 Å². The topological polar surface area (TPSA) is 47.3 Å². The fraction of sp³-hybridized carbons (Fsp3) is 0.600. The van der Waals surface area contributed by atoms with Crippen molar-refractivity contribution in [2.75, 3.05) is 19.8 Å². The zero-order valence-corrected chi connectivity index (χ0v) is 10.8. The van der Waals surface area contributed by atoms with E-state index in [4.69, 9.17) is 10.5 Å². The standard InChI is InChI=1S/C15H22N2O/c16-14-9-15(13-4-2-1-3-12(13)14)17-10-11-5-7-18-8-6-11/h1-4,11,14-15,17H,5-10,16H2. The molecule has 1 aliphatic heterocycles. The summed E-state index contributed by atoms with van der Waals surface area (Å²) in [7, 11) is 0. The monoisotopic (exact) mass is 246 g/mol. The molecule has 0 bridgehead atoms. The molecule has 2 aliphatic rings. The Morgan fingerprint density at radius 3 is 2.67 bits per heavy atom. The van der Waals surface area contributed by atoms with E-state index in [2.05, 4.69) is 29.6 Å². The van der Waals surface area contributed by atoms with Gasteiger partial charge in [0.05, 0.1) is 0 Å². The van der Waals surface area contributed by atoms with Gasteiger partial charge in [-0.1, -0.05) is 24.3 Å². The van der Waals surface area contributed by atoms with Crippen molar-refractivity contribution in [1.82, 2.24) is 5.32 Å². The van der Waals surface area contributed by atoms with Gasteiger partial charge in [0.15, 0.2) is 0 Å². The summed E-state index contributed by atoms with van der Waals surface area (Å²) in [6.07, 6.45) is 3.41. The normalized spacial score (nSPS) is 28.3. The maximum Gasteiger partial charge on any atom is 0.0469 e. The first-order chi connectivity index (χ1) is 8.84. The van der Waals surface area contributed by atoms with E-state index in [0.29, 0.717) is 6.04 Å². The first-order valence-corrected chi connectivity index (χ1v) is 7.00. The van der Waals surface area contributed by atoms with E-state index in [9.17, 15) is 0 Å². The number of fused-ring (bicyclic) bond motifs is 1. The van der Waals surface area contributed by atoms with Crippen molar-refractivity contribution in [2.45, 2.75) is 31.3 Å². The Bertz CT molecular complexity index is 401. The summed E-state index contributed by atoms with van der Waals surface area (Å²) in [4.78, 5) is 0. The Labute approximate surface area is 109 Å². The van der Waals surface area contributed by atoms with E-state index < -0.39 is 0 Å². The predicted octanol–water partition coefficient (Wildman–Crippen LogP) is 2.15. The summed E-state index contributed by atoms with van der Waals surface area (Å²) >= 11 is 0. The molecule has 0 saturated carbocycles. The smallest absolute Gasteiger partial charge is 0.0469 e. The van der Waals surface area contributed by atoms with Gasteiger partial charge in [-0.2, -0.15) is 0 Å². The van der Waals surface area contributed by atoms with Crippen LogP contribution in [0.2, 0.25) is 0 Å². The molecule has 1 heterocycles. The molecule has 0 amide bonds. The van der Waals surface area contributed by atoms with Crippen LogP contribution in [0.5, 0.6) is 0 Å². The van der Waals surface area contributed by atoms with Crippen molar-refractivity contribution < 1.29 is 4.74 Å². The van der Waals surface area contributed by atoms with Crippen molar-refractivity contribution in [3.8, 4) is 0 Å². The van der Waals surface area contributed by atoms with E-state index in [-0.39, 0.29) is 6.04 Å². The van der Waals surface area contributed by atoms with Gasteiger partial charge < -0.3 is 15.8 Å². The molecular weight excluding hydrogens is 224 g/mol. The van der Waals surface area contributed by atoms with Crippen LogP contribution in [0.25, 0.3) is 0 Å². The van der Waals surface area contributed by atoms with Gasteiger partial charge >= 0.3 is 0 Å². The quantitative estimate of drug-likeness (QED) is 0.859. The van der Waals surface area contributed by atoms with E-state index in [1.165, 1.54) is 24.0 Å². The lowest BCUT2D eigenvalue weighted by Gasteiger charge is -2.24. The van der Waals surface area contributed by atoms with E-state index >= 15 is 0 Å². The third-order valence-corrected chi connectivity index (χ3v) is 4.25. The van der Waals surface area contributed by atoms with E-state index in [1.807, 2.05) is 0 Å². The lowest BCUT2D eigenvalue weighted by atomic mass is 9.99. The second kappa shape index (κ2) is 5.39. The molecule has 18 heavy (non-hydrogen) atoms. The van der Waals surface area contributed by atoms with Gasteiger partial charge in [-0.25, -0.2) is 0 Å². The number of hydrogen-bond donors (Lipinski definition) is 2. The molecule has 1 fully saturated rings. The second-order valence-electron chi connectivity index (χ2n) is 5.49. The van der Waals surface area contributed by atoms with Crippen LogP contribution in [-0.2, 0) is 4.74 Å². The highest BCUT2D eigenvalue weighted by Crippen LogP contribution is 2.37. The van der Waals surface area contributed by atoms with Crippen LogP contribution in [-0.4, -0.2) is 19.8 Å². The van der Waals surface area contributed by atoms with E-state index in [1.54, 1.807) is 0 Å². The molecule has 1 saturated heterocycles. The number of rotatable bonds is 3. The number of ether oxygens (including phenoxy) is 1. The van der Waals surface area contributed by atoms with Crippen molar-refractivity contribution >= 4 is 0 Å². The first-order valence-electron chi connectivity index (χ1n) is 7.00. The Hall–Kier alpha value is -0.900. The van der Waals surface area contributed by atoms with Gasteiger partial charge in [0, 0.05) is 25.3 Å². The van der Waals surface area contributed by atoms with Gasteiger partial charge in [-0.3, -0.25) is 0 Å². The second-order valence-corrected chi connectivity index (χ2v) is 5.49. The largest absolute Gasteiger partial charge is 0.381 e. The van der Waals surface area contributed by atoms with E-state index in [0.717, 1.165) is 32.1 Å². The molecule has 0 spiro atoms. The minimum atomic E-state index is 0.202. The Morgan fingerprint density at radius 1 is 1.17 bits per heavy atom. The lowest BCUT2D eigenvalue weighted by Crippen LogP contribution is -2.30. The Balaban J connectivity index is 1.61. The predicted molar refractivity (Wildman–Crippen MR) is 72.3 cm³/mol. The SMILES string of the molecule is NC1CC(NCC2CCOCC2)c2ccccc21. The highest BCUT2D eigenvalue weighted by molar-refractivity contribution is 5.37. The summed E-state index contributed by atoms with van der Waals surface area (Å²) < 4.78 is 5.40.